The van der Waals surface area contributed by atoms with Gasteiger partial charge < -0.3 is 15.2 Å². The van der Waals surface area contributed by atoms with Crippen LogP contribution < -0.4 is 5.69 Å². The van der Waals surface area contributed by atoms with Crippen LogP contribution in [0.2, 0.25) is 0 Å². The molecule has 1 aromatic heterocycles. The first-order chi connectivity index (χ1) is 8.06. The van der Waals surface area contributed by atoms with Gasteiger partial charge in [0.05, 0.1) is 11.9 Å². The monoisotopic (exact) mass is 234 g/mol. The number of nitrogens with zero attached hydrogens (tertiary/aromatic N) is 1. The molecule has 0 aliphatic rings. The van der Waals surface area contributed by atoms with E-state index in [2.05, 4.69) is 9.97 Å². The average Bonchev–Trinajstić information content (AvgIpc) is 2.26. The Kier molecular flexibility index (Phi) is 2.78. The van der Waals surface area contributed by atoms with Gasteiger partial charge in [-0.2, -0.15) is 4.98 Å². The van der Waals surface area contributed by atoms with Crippen LogP contribution in [0.1, 0.15) is 12.1 Å². The molecule has 0 saturated carbocycles. The number of benzene rings is 1. The lowest BCUT2D eigenvalue weighted by molar-refractivity contribution is -0.136. The summed E-state index contributed by atoms with van der Waals surface area (Å²) in [5.41, 5.74) is 0.383. The Balaban J connectivity index is 2.55. The lowest BCUT2D eigenvalue weighted by Gasteiger charge is -2.04. The Morgan fingerprint density at radius 3 is 2.88 bits per heavy atom. The summed E-state index contributed by atoms with van der Waals surface area (Å²) < 4.78 is 0. The second kappa shape index (κ2) is 4.25. The summed E-state index contributed by atoms with van der Waals surface area (Å²) >= 11 is 0. The van der Waals surface area contributed by atoms with Crippen molar-refractivity contribution in [3.63, 3.8) is 0 Å². The number of phenolic OH excluding ortho intramolecular Hbond substituents is 1. The highest BCUT2D eigenvalue weighted by Crippen LogP contribution is 2.20. The van der Waals surface area contributed by atoms with Crippen molar-refractivity contribution in [1.29, 1.82) is 0 Å². The molecule has 17 heavy (non-hydrogen) atoms. The third kappa shape index (κ3) is 2.41. The molecule has 0 amide bonds. The number of aliphatic carboxylic acids is 1. The number of hydrogen-bond acceptors (Lipinski definition) is 4. The Morgan fingerprint density at radius 1 is 1.41 bits per heavy atom. The molecule has 2 rings (SSSR count). The van der Waals surface area contributed by atoms with E-state index in [1.54, 1.807) is 0 Å². The van der Waals surface area contributed by atoms with Gasteiger partial charge in [0.25, 0.3) is 0 Å². The van der Waals surface area contributed by atoms with Gasteiger partial charge in [-0.1, -0.05) is 0 Å². The summed E-state index contributed by atoms with van der Waals surface area (Å²) in [6.45, 7) is 0. The summed E-state index contributed by atoms with van der Waals surface area (Å²) in [7, 11) is 0. The van der Waals surface area contributed by atoms with E-state index in [0.717, 1.165) is 0 Å². The van der Waals surface area contributed by atoms with Crippen LogP contribution in [0.15, 0.2) is 23.0 Å². The highest BCUT2D eigenvalue weighted by Gasteiger charge is 2.07. The maximum absolute atomic E-state index is 11.3. The predicted octanol–water partition coefficient (Wildman–Crippen LogP) is 0.646. The molecule has 3 N–H and O–H groups in total. The molecule has 0 spiro atoms. The third-order valence-electron chi connectivity index (χ3n) is 2.37. The number of carboxylic acids is 1. The fourth-order valence-corrected chi connectivity index (χ4v) is 1.63. The van der Waals surface area contributed by atoms with E-state index in [4.69, 9.17) is 5.11 Å². The predicted molar refractivity (Wildman–Crippen MR) is 60.0 cm³/mol. The smallest absolute Gasteiger partial charge is 0.345 e. The van der Waals surface area contributed by atoms with Gasteiger partial charge >= 0.3 is 11.7 Å². The number of aromatic nitrogens is 2. The number of fused-ring (bicyclic) bond motifs is 1. The lowest BCUT2D eigenvalue weighted by atomic mass is 10.1. The SMILES string of the molecule is O=C(O)CCc1[nH]c(=O)nc2ccc(O)cc12. The van der Waals surface area contributed by atoms with Crippen LogP contribution in [0.5, 0.6) is 5.75 Å². The van der Waals surface area contributed by atoms with Gasteiger partial charge in [0.2, 0.25) is 0 Å². The number of H-pyrrole nitrogens is 1. The minimum absolute atomic E-state index is 0.0444. The molecule has 0 bridgehead atoms. The summed E-state index contributed by atoms with van der Waals surface area (Å²) in [5.74, 6) is -0.904. The Labute approximate surface area is 95.6 Å². The maximum atomic E-state index is 11.3. The van der Waals surface area contributed by atoms with Crippen molar-refractivity contribution in [2.45, 2.75) is 12.8 Å². The molecule has 0 radical (unpaired) electrons. The van der Waals surface area contributed by atoms with E-state index in [9.17, 15) is 14.7 Å². The second-order valence-corrected chi connectivity index (χ2v) is 3.62. The molecule has 1 aromatic carbocycles. The maximum Gasteiger partial charge on any atom is 0.345 e. The van der Waals surface area contributed by atoms with Crippen molar-refractivity contribution in [3.05, 3.63) is 34.4 Å². The number of aromatic amines is 1. The number of carbonyl (C=O) groups is 1. The Bertz CT molecular complexity index is 633. The molecule has 2 aromatic rings. The summed E-state index contributed by atoms with van der Waals surface area (Å²) in [6.07, 6.45) is 0.0950. The summed E-state index contributed by atoms with van der Waals surface area (Å²) in [6, 6.07) is 4.40. The van der Waals surface area contributed by atoms with Crippen molar-refractivity contribution in [1.82, 2.24) is 9.97 Å². The normalized spacial score (nSPS) is 10.6. The zero-order valence-corrected chi connectivity index (χ0v) is 8.80. The van der Waals surface area contributed by atoms with Crippen LogP contribution in [0.3, 0.4) is 0 Å². The molecule has 0 aliphatic carbocycles. The van der Waals surface area contributed by atoms with E-state index >= 15 is 0 Å². The molecule has 0 saturated heterocycles. The lowest BCUT2D eigenvalue weighted by Crippen LogP contribution is -2.14. The highest BCUT2D eigenvalue weighted by atomic mass is 16.4. The Hall–Kier alpha value is -2.37. The largest absolute Gasteiger partial charge is 0.508 e. The first-order valence-electron chi connectivity index (χ1n) is 5.00. The fraction of sp³-hybridized carbons (Fsp3) is 0.182. The molecule has 0 fully saturated rings. The number of aromatic hydroxyl groups is 1. The molecular formula is C11H10N2O4. The van der Waals surface area contributed by atoms with Crippen molar-refractivity contribution >= 4 is 16.9 Å². The van der Waals surface area contributed by atoms with Crippen LogP contribution in [-0.2, 0) is 11.2 Å². The number of hydrogen-bond donors (Lipinski definition) is 3. The molecule has 1 heterocycles. The van der Waals surface area contributed by atoms with Crippen LogP contribution in [0, 0.1) is 0 Å². The van der Waals surface area contributed by atoms with E-state index < -0.39 is 11.7 Å². The number of nitrogens with one attached hydrogen (secondary N) is 1. The third-order valence-corrected chi connectivity index (χ3v) is 2.37. The summed E-state index contributed by atoms with van der Waals surface area (Å²) in [5, 5.41) is 18.5. The van der Waals surface area contributed by atoms with Crippen LogP contribution in [0.4, 0.5) is 0 Å². The molecule has 6 nitrogen and oxygen atoms in total. The van der Waals surface area contributed by atoms with Crippen LogP contribution in [0.25, 0.3) is 10.9 Å². The van der Waals surface area contributed by atoms with E-state index in [-0.39, 0.29) is 18.6 Å². The first kappa shape index (κ1) is 11.1. The van der Waals surface area contributed by atoms with Gasteiger partial charge in [-0.05, 0) is 24.6 Å². The molecule has 6 heteroatoms. The zero-order valence-electron chi connectivity index (χ0n) is 8.80. The molecule has 88 valence electrons. The second-order valence-electron chi connectivity index (χ2n) is 3.62. The Morgan fingerprint density at radius 2 is 2.18 bits per heavy atom. The van der Waals surface area contributed by atoms with Crippen molar-refractivity contribution < 1.29 is 15.0 Å². The van der Waals surface area contributed by atoms with Crippen molar-refractivity contribution in [2.75, 3.05) is 0 Å². The van der Waals surface area contributed by atoms with Gasteiger partial charge in [-0.15, -0.1) is 0 Å². The van der Waals surface area contributed by atoms with Gasteiger partial charge in [0.15, 0.2) is 0 Å². The quantitative estimate of drug-likeness (QED) is 0.723. The van der Waals surface area contributed by atoms with Crippen LogP contribution in [-0.4, -0.2) is 26.2 Å². The standard InChI is InChI=1S/C11H10N2O4/c14-6-1-2-8-7(5-6)9(3-4-10(15)16)13-11(17)12-8/h1-2,5,14H,3-4H2,(H,15,16)(H,12,13,17). The fourth-order valence-electron chi connectivity index (χ4n) is 1.63. The first-order valence-corrected chi connectivity index (χ1v) is 5.00. The van der Waals surface area contributed by atoms with Gasteiger partial charge in [-0.25, -0.2) is 4.79 Å². The molecular weight excluding hydrogens is 224 g/mol. The van der Waals surface area contributed by atoms with Gasteiger partial charge in [-0.3, -0.25) is 4.79 Å². The highest BCUT2D eigenvalue weighted by molar-refractivity contribution is 5.82. The van der Waals surface area contributed by atoms with Crippen molar-refractivity contribution in [2.24, 2.45) is 0 Å². The molecule has 0 unspecified atom stereocenters. The minimum Gasteiger partial charge on any atom is -0.508 e. The van der Waals surface area contributed by atoms with E-state index in [1.165, 1.54) is 18.2 Å². The van der Waals surface area contributed by atoms with E-state index in [1.807, 2.05) is 0 Å². The number of aryl methyl sites for hydroxylation is 1. The number of carboxylic acid groups (broad SMARTS) is 1. The number of rotatable bonds is 3. The zero-order chi connectivity index (χ0) is 12.4. The molecule has 0 aliphatic heterocycles. The summed E-state index contributed by atoms with van der Waals surface area (Å²) in [4.78, 5) is 28.0. The van der Waals surface area contributed by atoms with Crippen LogP contribution >= 0.6 is 0 Å². The van der Waals surface area contributed by atoms with Gasteiger partial charge in [0.1, 0.15) is 5.75 Å². The molecule has 0 atom stereocenters. The minimum atomic E-state index is -0.948. The van der Waals surface area contributed by atoms with Crippen molar-refractivity contribution in [3.8, 4) is 5.75 Å². The number of phenols is 1. The van der Waals surface area contributed by atoms with E-state index in [0.29, 0.717) is 16.6 Å². The van der Waals surface area contributed by atoms with Gasteiger partial charge in [0, 0.05) is 11.1 Å². The topological polar surface area (TPSA) is 103 Å². The average molecular weight is 234 g/mol.